The molecule has 0 aliphatic carbocycles. The van der Waals surface area contributed by atoms with E-state index in [2.05, 4.69) is 0 Å². The largest absolute Gasteiger partial charge is 0.462 e. The number of ether oxygens (including phenoxy) is 2. The summed E-state index contributed by atoms with van der Waals surface area (Å²) in [5.74, 6) is -0.585. The zero-order chi connectivity index (χ0) is 13.0. The molecule has 0 amide bonds. The molecule has 0 aliphatic rings. The first kappa shape index (κ1) is 14.9. The molecular weight excluding hydrogens is 208 g/mol. The lowest BCUT2D eigenvalue weighted by atomic mass is 9.97. The van der Waals surface area contributed by atoms with E-state index in [-0.39, 0.29) is 25.2 Å². The number of carbonyl (C=O) groups is 2. The minimum atomic E-state index is -0.520. The second kappa shape index (κ2) is 5.32. The molecular formula is C12H22O4. The maximum absolute atomic E-state index is 11.3. The van der Waals surface area contributed by atoms with Crippen LogP contribution in [0, 0.1) is 10.8 Å². The Bertz CT molecular complexity index is 227. The lowest BCUT2D eigenvalue weighted by Crippen LogP contribution is -2.27. The van der Waals surface area contributed by atoms with Gasteiger partial charge >= 0.3 is 11.9 Å². The lowest BCUT2D eigenvalue weighted by Gasteiger charge is -2.18. The number of esters is 2. The second-order valence-electron chi connectivity index (χ2n) is 5.77. The predicted molar refractivity (Wildman–Crippen MR) is 60.8 cm³/mol. The Hall–Kier alpha value is -1.06. The minimum absolute atomic E-state index is 0.109. The highest BCUT2D eigenvalue weighted by molar-refractivity contribution is 5.76. The third kappa shape index (κ3) is 5.73. The third-order valence-corrected chi connectivity index (χ3v) is 1.77. The molecule has 0 heterocycles. The molecule has 16 heavy (non-hydrogen) atoms. The minimum Gasteiger partial charge on any atom is -0.462 e. The van der Waals surface area contributed by atoms with Gasteiger partial charge in [-0.1, -0.05) is 0 Å². The molecule has 0 fully saturated rings. The summed E-state index contributed by atoms with van der Waals surface area (Å²) in [6.45, 7) is 10.9. The maximum Gasteiger partial charge on any atom is 0.311 e. The van der Waals surface area contributed by atoms with Gasteiger partial charge in [0.15, 0.2) is 0 Å². The first-order valence-electron chi connectivity index (χ1n) is 5.39. The number of carbonyl (C=O) groups excluding carboxylic acids is 2. The van der Waals surface area contributed by atoms with Crippen molar-refractivity contribution in [2.24, 2.45) is 10.8 Å². The Kier molecular flexibility index (Phi) is 4.97. The van der Waals surface area contributed by atoms with Crippen LogP contribution in [0.15, 0.2) is 0 Å². The zero-order valence-electron chi connectivity index (χ0n) is 11.0. The smallest absolute Gasteiger partial charge is 0.311 e. The van der Waals surface area contributed by atoms with Crippen LogP contribution in [0.25, 0.3) is 0 Å². The number of hydrogen-bond donors (Lipinski definition) is 0. The zero-order valence-corrected chi connectivity index (χ0v) is 11.0. The fraction of sp³-hybridized carbons (Fsp3) is 0.833. The van der Waals surface area contributed by atoms with Crippen molar-refractivity contribution in [2.75, 3.05) is 13.2 Å². The summed E-state index contributed by atoms with van der Waals surface area (Å²) in [7, 11) is 0. The van der Waals surface area contributed by atoms with Crippen molar-refractivity contribution in [2.45, 2.75) is 41.5 Å². The molecule has 0 N–H and O–H groups in total. The fourth-order valence-electron chi connectivity index (χ4n) is 0.702. The van der Waals surface area contributed by atoms with Gasteiger partial charge in [0.25, 0.3) is 0 Å². The van der Waals surface area contributed by atoms with Crippen LogP contribution in [0.4, 0.5) is 0 Å². The molecule has 0 radical (unpaired) electrons. The topological polar surface area (TPSA) is 52.6 Å². The summed E-state index contributed by atoms with van der Waals surface area (Å²) in [6.07, 6.45) is 0. The van der Waals surface area contributed by atoms with E-state index in [0.717, 1.165) is 0 Å². The van der Waals surface area contributed by atoms with Crippen molar-refractivity contribution in [3.8, 4) is 0 Å². The standard InChI is InChI=1S/C12H22O4/c1-11(2,3)9(13)15-7-8-16-10(14)12(4,5)6/h7-8H2,1-6H3. The van der Waals surface area contributed by atoms with E-state index in [1.54, 1.807) is 41.5 Å². The normalized spacial score (nSPS) is 12.1. The molecule has 0 aliphatic heterocycles. The molecule has 94 valence electrons. The third-order valence-electron chi connectivity index (χ3n) is 1.77. The van der Waals surface area contributed by atoms with E-state index in [4.69, 9.17) is 9.47 Å². The van der Waals surface area contributed by atoms with E-state index in [1.807, 2.05) is 0 Å². The summed E-state index contributed by atoms with van der Waals surface area (Å²) < 4.78 is 9.91. The van der Waals surface area contributed by atoms with E-state index in [0.29, 0.717) is 0 Å². The van der Waals surface area contributed by atoms with Gasteiger partial charge in [0, 0.05) is 0 Å². The number of rotatable bonds is 3. The van der Waals surface area contributed by atoms with E-state index >= 15 is 0 Å². The van der Waals surface area contributed by atoms with Gasteiger partial charge in [-0.15, -0.1) is 0 Å². The first-order valence-corrected chi connectivity index (χ1v) is 5.39. The van der Waals surface area contributed by atoms with Crippen LogP contribution in [-0.2, 0) is 19.1 Å². The van der Waals surface area contributed by atoms with Crippen LogP contribution in [0.3, 0.4) is 0 Å². The van der Waals surface area contributed by atoms with Crippen LogP contribution in [0.5, 0.6) is 0 Å². The molecule has 0 aromatic rings. The molecule has 0 aromatic heterocycles. The van der Waals surface area contributed by atoms with Crippen LogP contribution in [-0.4, -0.2) is 25.2 Å². The SMILES string of the molecule is CC(C)(C)C(=O)OCCOC(=O)C(C)(C)C. The Morgan fingerprint density at radius 3 is 1.19 bits per heavy atom. The van der Waals surface area contributed by atoms with Gasteiger partial charge in [-0.2, -0.15) is 0 Å². The summed E-state index contributed by atoms with van der Waals surface area (Å²) in [6, 6.07) is 0. The highest BCUT2D eigenvalue weighted by Gasteiger charge is 2.24. The predicted octanol–water partition coefficient (Wildman–Crippen LogP) is 2.17. The lowest BCUT2D eigenvalue weighted by molar-refractivity contribution is -0.161. The monoisotopic (exact) mass is 230 g/mol. The van der Waals surface area contributed by atoms with Crippen molar-refractivity contribution in [3.63, 3.8) is 0 Å². The van der Waals surface area contributed by atoms with Crippen LogP contribution >= 0.6 is 0 Å². The highest BCUT2D eigenvalue weighted by Crippen LogP contribution is 2.16. The van der Waals surface area contributed by atoms with Crippen LogP contribution in [0.2, 0.25) is 0 Å². The van der Waals surface area contributed by atoms with Gasteiger partial charge in [0.2, 0.25) is 0 Å². The summed E-state index contributed by atoms with van der Waals surface area (Å²) in [5, 5.41) is 0. The van der Waals surface area contributed by atoms with Crippen molar-refractivity contribution < 1.29 is 19.1 Å². The van der Waals surface area contributed by atoms with E-state index in [1.165, 1.54) is 0 Å². The average Bonchev–Trinajstić information content (AvgIpc) is 2.08. The Balaban J connectivity index is 3.79. The quantitative estimate of drug-likeness (QED) is 0.550. The molecule has 0 saturated heterocycles. The molecule has 0 rings (SSSR count). The van der Waals surface area contributed by atoms with E-state index in [9.17, 15) is 9.59 Å². The molecule has 0 saturated carbocycles. The number of hydrogen-bond acceptors (Lipinski definition) is 4. The molecule has 0 bridgehead atoms. The van der Waals surface area contributed by atoms with Gasteiger partial charge in [0.1, 0.15) is 13.2 Å². The summed E-state index contributed by atoms with van der Waals surface area (Å²) >= 11 is 0. The van der Waals surface area contributed by atoms with Crippen molar-refractivity contribution in [3.05, 3.63) is 0 Å². The van der Waals surface area contributed by atoms with Gasteiger partial charge in [-0.25, -0.2) is 0 Å². The van der Waals surface area contributed by atoms with Gasteiger partial charge in [0.05, 0.1) is 10.8 Å². The van der Waals surface area contributed by atoms with Gasteiger partial charge in [-0.3, -0.25) is 9.59 Å². The fourth-order valence-corrected chi connectivity index (χ4v) is 0.702. The first-order chi connectivity index (χ1) is 7.05. The molecule has 0 spiro atoms. The van der Waals surface area contributed by atoms with Crippen molar-refractivity contribution >= 4 is 11.9 Å². The van der Waals surface area contributed by atoms with Crippen molar-refractivity contribution in [1.82, 2.24) is 0 Å². The average molecular weight is 230 g/mol. The van der Waals surface area contributed by atoms with Gasteiger partial charge in [-0.05, 0) is 41.5 Å². The highest BCUT2D eigenvalue weighted by atomic mass is 16.6. The van der Waals surface area contributed by atoms with Crippen LogP contribution in [0.1, 0.15) is 41.5 Å². The van der Waals surface area contributed by atoms with Crippen molar-refractivity contribution in [1.29, 1.82) is 0 Å². The Morgan fingerprint density at radius 1 is 0.750 bits per heavy atom. The Morgan fingerprint density at radius 2 is 1.00 bits per heavy atom. The molecule has 4 heteroatoms. The maximum atomic E-state index is 11.3. The van der Waals surface area contributed by atoms with E-state index < -0.39 is 10.8 Å². The molecule has 0 unspecified atom stereocenters. The van der Waals surface area contributed by atoms with Crippen LogP contribution < -0.4 is 0 Å². The second-order valence-corrected chi connectivity index (χ2v) is 5.77. The Labute approximate surface area is 97.3 Å². The summed E-state index contributed by atoms with van der Waals surface area (Å²) in [5.41, 5.74) is -1.04. The molecule has 0 aromatic carbocycles. The molecule has 4 nitrogen and oxygen atoms in total. The molecule has 0 atom stereocenters. The summed E-state index contributed by atoms with van der Waals surface area (Å²) in [4.78, 5) is 22.7. The van der Waals surface area contributed by atoms with Gasteiger partial charge < -0.3 is 9.47 Å².